The number of nitrogens with zero attached hydrogens (tertiary/aromatic N) is 2. The molecule has 2 aliphatic rings. The molecule has 0 aromatic heterocycles. The first kappa shape index (κ1) is 22.1. The SMILES string of the molecule is CCCCOc1ccc([C@H]2Oc3ccc(OC)cc3[C@@H]3CC(c4ccc(OC)cc4)=NN23)cc1. The Morgan fingerprint density at radius 1 is 0.912 bits per heavy atom. The minimum Gasteiger partial charge on any atom is -0.497 e. The molecular weight excluding hydrogens is 428 g/mol. The minimum absolute atomic E-state index is 0.0569. The molecule has 0 spiro atoms. The van der Waals surface area contributed by atoms with Gasteiger partial charge in [-0.3, -0.25) is 0 Å². The van der Waals surface area contributed by atoms with Crippen LogP contribution in [0.15, 0.2) is 71.8 Å². The molecule has 3 aromatic carbocycles. The van der Waals surface area contributed by atoms with Crippen molar-refractivity contribution in [3.05, 3.63) is 83.4 Å². The third kappa shape index (κ3) is 4.28. The van der Waals surface area contributed by atoms with E-state index in [2.05, 4.69) is 42.3 Å². The van der Waals surface area contributed by atoms with E-state index < -0.39 is 0 Å². The number of hydrazone groups is 1. The molecule has 0 saturated heterocycles. The summed E-state index contributed by atoms with van der Waals surface area (Å²) in [6.45, 7) is 2.89. The first-order chi connectivity index (χ1) is 16.7. The fourth-order valence-corrected chi connectivity index (χ4v) is 4.43. The molecule has 0 radical (unpaired) electrons. The molecule has 6 heteroatoms. The van der Waals surface area contributed by atoms with Gasteiger partial charge in [0.2, 0.25) is 6.23 Å². The van der Waals surface area contributed by atoms with Crippen molar-refractivity contribution in [3.8, 4) is 23.0 Å². The maximum Gasteiger partial charge on any atom is 0.213 e. The predicted octanol–water partition coefficient (Wildman–Crippen LogP) is 6.13. The molecule has 6 nitrogen and oxygen atoms in total. The first-order valence-corrected chi connectivity index (χ1v) is 11.8. The van der Waals surface area contributed by atoms with Crippen LogP contribution in [0.3, 0.4) is 0 Å². The van der Waals surface area contributed by atoms with Crippen LogP contribution < -0.4 is 18.9 Å². The predicted molar refractivity (Wildman–Crippen MR) is 132 cm³/mol. The zero-order valence-electron chi connectivity index (χ0n) is 19.9. The van der Waals surface area contributed by atoms with Gasteiger partial charge in [0.15, 0.2) is 0 Å². The zero-order chi connectivity index (χ0) is 23.5. The molecule has 3 aromatic rings. The lowest BCUT2D eigenvalue weighted by molar-refractivity contribution is -0.0191. The van der Waals surface area contributed by atoms with Crippen LogP contribution >= 0.6 is 0 Å². The van der Waals surface area contributed by atoms with Crippen LogP contribution in [-0.4, -0.2) is 31.5 Å². The van der Waals surface area contributed by atoms with Gasteiger partial charge in [-0.2, -0.15) is 5.10 Å². The van der Waals surface area contributed by atoms with Gasteiger partial charge in [0, 0.05) is 17.5 Å². The summed E-state index contributed by atoms with van der Waals surface area (Å²) in [7, 11) is 3.36. The number of rotatable bonds is 8. The third-order valence-electron chi connectivity index (χ3n) is 6.35. The third-order valence-corrected chi connectivity index (χ3v) is 6.35. The maximum atomic E-state index is 6.49. The number of fused-ring (bicyclic) bond motifs is 3. The van der Waals surface area contributed by atoms with Gasteiger partial charge in [-0.15, -0.1) is 0 Å². The summed E-state index contributed by atoms with van der Waals surface area (Å²) in [4.78, 5) is 0. The second kappa shape index (κ2) is 9.67. The van der Waals surface area contributed by atoms with E-state index in [1.807, 2.05) is 36.4 Å². The lowest BCUT2D eigenvalue weighted by Gasteiger charge is -2.38. The van der Waals surface area contributed by atoms with Gasteiger partial charge in [-0.1, -0.05) is 13.3 Å². The van der Waals surface area contributed by atoms with E-state index in [-0.39, 0.29) is 12.3 Å². The average Bonchev–Trinajstić information content (AvgIpc) is 3.34. The molecule has 0 N–H and O–H groups in total. The number of benzene rings is 3. The van der Waals surface area contributed by atoms with Crippen molar-refractivity contribution in [2.75, 3.05) is 20.8 Å². The fraction of sp³-hybridized carbons (Fsp3) is 0.321. The van der Waals surface area contributed by atoms with Crippen molar-refractivity contribution in [1.29, 1.82) is 0 Å². The smallest absolute Gasteiger partial charge is 0.213 e. The molecule has 0 aliphatic carbocycles. The summed E-state index contributed by atoms with van der Waals surface area (Å²) < 4.78 is 23.1. The quantitative estimate of drug-likeness (QED) is 0.380. The second-order valence-corrected chi connectivity index (χ2v) is 8.52. The molecule has 5 rings (SSSR count). The van der Waals surface area contributed by atoms with E-state index in [0.717, 1.165) is 71.3 Å². The van der Waals surface area contributed by atoms with Gasteiger partial charge in [-0.25, -0.2) is 5.01 Å². The molecule has 0 saturated carbocycles. The van der Waals surface area contributed by atoms with Crippen molar-refractivity contribution in [3.63, 3.8) is 0 Å². The number of unbranched alkanes of at least 4 members (excludes halogenated alkanes) is 1. The van der Waals surface area contributed by atoms with E-state index in [4.69, 9.17) is 24.0 Å². The molecule has 2 aliphatic heterocycles. The summed E-state index contributed by atoms with van der Waals surface area (Å²) in [5.41, 5.74) is 4.23. The normalized spacial score (nSPS) is 18.4. The summed E-state index contributed by atoms with van der Waals surface area (Å²) in [6, 6.07) is 22.3. The first-order valence-electron chi connectivity index (χ1n) is 11.8. The standard InChI is InChI=1S/C28H30N2O4/c1-4-5-16-33-22-12-8-20(9-13-22)28-30-26(24-17-23(32-3)14-15-27(24)34-28)18-25(29-30)19-6-10-21(31-2)11-7-19/h6-15,17,26,28H,4-5,16,18H2,1-3H3/t26-,28+/m0/s1. The maximum absolute atomic E-state index is 6.49. The van der Waals surface area contributed by atoms with Gasteiger partial charge < -0.3 is 18.9 Å². The van der Waals surface area contributed by atoms with E-state index >= 15 is 0 Å². The van der Waals surface area contributed by atoms with Gasteiger partial charge in [0.1, 0.15) is 23.0 Å². The Kier molecular flexibility index (Phi) is 6.30. The number of ether oxygens (including phenoxy) is 4. The number of hydrogen-bond acceptors (Lipinski definition) is 6. The van der Waals surface area contributed by atoms with Crippen molar-refractivity contribution in [1.82, 2.24) is 5.01 Å². The van der Waals surface area contributed by atoms with Gasteiger partial charge >= 0.3 is 0 Å². The Morgan fingerprint density at radius 2 is 1.62 bits per heavy atom. The Hall–Kier alpha value is -3.67. The van der Waals surface area contributed by atoms with Gasteiger partial charge in [0.25, 0.3) is 0 Å². The molecule has 0 unspecified atom stereocenters. The lowest BCUT2D eigenvalue weighted by Crippen LogP contribution is -2.33. The molecule has 34 heavy (non-hydrogen) atoms. The summed E-state index contributed by atoms with van der Waals surface area (Å²) in [5.74, 6) is 3.38. The van der Waals surface area contributed by atoms with E-state index in [1.54, 1.807) is 14.2 Å². The molecule has 0 amide bonds. The van der Waals surface area contributed by atoms with Crippen molar-refractivity contribution in [2.24, 2.45) is 5.10 Å². The Balaban J connectivity index is 1.48. The summed E-state index contributed by atoms with van der Waals surface area (Å²) in [5, 5.41) is 7.12. The topological polar surface area (TPSA) is 52.5 Å². The highest BCUT2D eigenvalue weighted by Crippen LogP contribution is 2.48. The van der Waals surface area contributed by atoms with Crippen LogP contribution in [0.25, 0.3) is 0 Å². The number of hydrogen-bond donors (Lipinski definition) is 0. The zero-order valence-corrected chi connectivity index (χ0v) is 19.9. The summed E-state index contributed by atoms with van der Waals surface area (Å²) >= 11 is 0. The van der Waals surface area contributed by atoms with Crippen molar-refractivity contribution < 1.29 is 18.9 Å². The Bertz CT molecular complexity index is 1160. The largest absolute Gasteiger partial charge is 0.497 e. The highest BCUT2D eigenvalue weighted by Gasteiger charge is 2.41. The average molecular weight is 459 g/mol. The molecule has 0 fully saturated rings. The van der Waals surface area contributed by atoms with Crippen LogP contribution in [0.2, 0.25) is 0 Å². The van der Waals surface area contributed by atoms with Crippen molar-refractivity contribution >= 4 is 5.71 Å². The fourth-order valence-electron chi connectivity index (χ4n) is 4.43. The van der Waals surface area contributed by atoms with Crippen LogP contribution in [0.1, 0.15) is 55.1 Å². The van der Waals surface area contributed by atoms with Crippen LogP contribution in [0.4, 0.5) is 0 Å². The Labute approximate surface area is 200 Å². The number of methoxy groups -OCH3 is 2. The molecule has 176 valence electrons. The highest BCUT2D eigenvalue weighted by molar-refractivity contribution is 6.02. The van der Waals surface area contributed by atoms with Gasteiger partial charge in [0.05, 0.1) is 32.6 Å². The monoisotopic (exact) mass is 458 g/mol. The van der Waals surface area contributed by atoms with E-state index in [1.165, 1.54) is 0 Å². The highest BCUT2D eigenvalue weighted by atomic mass is 16.5. The van der Waals surface area contributed by atoms with Gasteiger partial charge in [-0.05, 0) is 78.7 Å². The van der Waals surface area contributed by atoms with Crippen LogP contribution in [0.5, 0.6) is 23.0 Å². The molecular formula is C28H30N2O4. The Morgan fingerprint density at radius 3 is 2.32 bits per heavy atom. The molecule has 2 heterocycles. The lowest BCUT2D eigenvalue weighted by atomic mass is 9.95. The molecule has 0 bridgehead atoms. The second-order valence-electron chi connectivity index (χ2n) is 8.52. The van der Waals surface area contributed by atoms with Crippen LogP contribution in [0, 0.1) is 0 Å². The van der Waals surface area contributed by atoms with E-state index in [9.17, 15) is 0 Å². The van der Waals surface area contributed by atoms with Crippen molar-refractivity contribution in [2.45, 2.75) is 38.5 Å². The van der Waals surface area contributed by atoms with Crippen LogP contribution in [-0.2, 0) is 0 Å². The minimum atomic E-state index is -0.327. The summed E-state index contributed by atoms with van der Waals surface area (Å²) in [6.07, 6.45) is 2.62. The van der Waals surface area contributed by atoms with E-state index in [0.29, 0.717) is 0 Å². The molecule has 2 atom stereocenters.